The molecular weight excluding hydrogens is 471 g/mol. The van der Waals surface area contributed by atoms with E-state index in [2.05, 4.69) is 11.5 Å². The monoisotopic (exact) mass is 492 g/mol. The molecule has 1 N–H and O–H groups in total. The highest BCUT2D eigenvalue weighted by Crippen LogP contribution is 2.30. The summed E-state index contributed by atoms with van der Waals surface area (Å²) in [5.74, 6) is 0.361. The molecule has 0 amide bonds. The minimum absolute atomic E-state index is 0.356. The molecule has 0 spiro atoms. The summed E-state index contributed by atoms with van der Waals surface area (Å²) in [5.41, 5.74) is 4.76. The summed E-state index contributed by atoms with van der Waals surface area (Å²) in [6, 6.07) is 20.9. The first-order valence-electron chi connectivity index (χ1n) is 10.7. The summed E-state index contributed by atoms with van der Waals surface area (Å²) in [6.07, 6.45) is 6.00. The van der Waals surface area contributed by atoms with Gasteiger partial charge in [-0.15, -0.1) is 0 Å². The molecule has 0 bridgehead atoms. The maximum Gasteiger partial charge on any atom is 0.341 e. The number of imidazole rings is 1. The molecule has 1 aromatic heterocycles. The first-order chi connectivity index (χ1) is 16.4. The zero-order valence-corrected chi connectivity index (χ0v) is 19.9. The predicted octanol–water partition coefficient (Wildman–Crippen LogP) is 7.18. The van der Waals surface area contributed by atoms with E-state index in [9.17, 15) is 4.79 Å². The lowest BCUT2D eigenvalue weighted by Gasteiger charge is -2.06. The standard InChI is InChI=1S/C27H22Cl2N2O3/c1-2-31-16-25(23-13-10-21(28)15-24(23)29)30-26(31)14-5-18-3-6-19(7-4-18)20-8-11-22(12-9-20)34-17-27(32)33/h3-16H,2,17H2,1H3,(H,32,33). The van der Waals surface area contributed by atoms with Gasteiger partial charge in [-0.25, -0.2) is 9.78 Å². The molecule has 4 rings (SSSR count). The molecule has 1 heterocycles. The number of aromatic nitrogens is 2. The number of aliphatic carboxylic acids is 1. The third-order valence-electron chi connectivity index (χ3n) is 5.24. The second-order valence-corrected chi connectivity index (χ2v) is 8.40. The van der Waals surface area contributed by atoms with Gasteiger partial charge in [0.05, 0.1) is 10.7 Å². The van der Waals surface area contributed by atoms with Gasteiger partial charge in [-0.1, -0.05) is 65.7 Å². The maximum absolute atomic E-state index is 10.6. The van der Waals surface area contributed by atoms with Crippen molar-refractivity contribution in [1.82, 2.24) is 9.55 Å². The van der Waals surface area contributed by atoms with Crippen molar-refractivity contribution in [2.45, 2.75) is 13.5 Å². The molecule has 4 aromatic rings. The van der Waals surface area contributed by atoms with Crippen LogP contribution in [0.25, 0.3) is 34.5 Å². The third-order valence-corrected chi connectivity index (χ3v) is 5.79. The van der Waals surface area contributed by atoms with Gasteiger partial charge in [0.1, 0.15) is 11.6 Å². The van der Waals surface area contributed by atoms with Crippen LogP contribution in [0.3, 0.4) is 0 Å². The van der Waals surface area contributed by atoms with Crippen LogP contribution in [-0.4, -0.2) is 27.2 Å². The van der Waals surface area contributed by atoms with Gasteiger partial charge < -0.3 is 14.4 Å². The van der Waals surface area contributed by atoms with Crippen LogP contribution in [0, 0.1) is 0 Å². The van der Waals surface area contributed by atoms with E-state index in [-0.39, 0.29) is 6.61 Å². The van der Waals surface area contributed by atoms with E-state index in [0.717, 1.165) is 40.3 Å². The topological polar surface area (TPSA) is 64.4 Å². The van der Waals surface area contributed by atoms with Gasteiger partial charge in [0.15, 0.2) is 6.61 Å². The van der Waals surface area contributed by atoms with E-state index in [1.54, 1.807) is 24.3 Å². The first-order valence-corrected chi connectivity index (χ1v) is 11.4. The van der Waals surface area contributed by atoms with Gasteiger partial charge in [-0.05, 0) is 60.0 Å². The Morgan fingerprint density at radius 2 is 1.68 bits per heavy atom. The molecule has 172 valence electrons. The molecule has 0 unspecified atom stereocenters. The maximum atomic E-state index is 10.6. The molecule has 0 aliphatic carbocycles. The number of benzene rings is 3. The highest BCUT2D eigenvalue weighted by Gasteiger charge is 2.10. The summed E-state index contributed by atoms with van der Waals surface area (Å²) < 4.78 is 7.25. The Bertz CT molecular complexity index is 1330. The molecular formula is C27H22Cl2N2O3. The van der Waals surface area contributed by atoms with Crippen molar-refractivity contribution in [2.75, 3.05) is 6.61 Å². The normalized spacial score (nSPS) is 11.1. The van der Waals surface area contributed by atoms with Crippen molar-refractivity contribution >= 4 is 41.3 Å². The Morgan fingerprint density at radius 1 is 1.00 bits per heavy atom. The molecule has 0 saturated carbocycles. The predicted molar refractivity (Wildman–Crippen MR) is 137 cm³/mol. The number of ether oxygens (including phenoxy) is 1. The van der Waals surface area contributed by atoms with Crippen molar-refractivity contribution in [2.24, 2.45) is 0 Å². The number of hydrogen-bond acceptors (Lipinski definition) is 3. The van der Waals surface area contributed by atoms with Crippen LogP contribution in [0.1, 0.15) is 18.3 Å². The molecule has 0 radical (unpaired) electrons. The molecule has 34 heavy (non-hydrogen) atoms. The van der Waals surface area contributed by atoms with E-state index in [0.29, 0.717) is 15.8 Å². The zero-order chi connectivity index (χ0) is 24.1. The molecule has 3 aromatic carbocycles. The zero-order valence-electron chi connectivity index (χ0n) is 18.4. The molecule has 0 saturated heterocycles. The van der Waals surface area contributed by atoms with Crippen LogP contribution in [0.5, 0.6) is 5.75 Å². The van der Waals surface area contributed by atoms with Gasteiger partial charge in [-0.2, -0.15) is 0 Å². The van der Waals surface area contributed by atoms with Crippen LogP contribution < -0.4 is 4.74 Å². The SMILES string of the molecule is CCn1cc(-c2ccc(Cl)cc2Cl)nc1C=Cc1ccc(-c2ccc(OCC(=O)O)cc2)cc1. The van der Waals surface area contributed by atoms with Crippen molar-refractivity contribution in [3.05, 3.63) is 94.4 Å². The highest BCUT2D eigenvalue weighted by atomic mass is 35.5. The Morgan fingerprint density at radius 3 is 2.29 bits per heavy atom. The summed E-state index contributed by atoms with van der Waals surface area (Å²) in [5, 5.41) is 9.87. The molecule has 7 heteroatoms. The van der Waals surface area contributed by atoms with Gasteiger partial charge in [0, 0.05) is 23.3 Å². The van der Waals surface area contributed by atoms with Crippen molar-refractivity contribution < 1.29 is 14.6 Å². The number of halogens is 2. The van der Waals surface area contributed by atoms with E-state index in [1.807, 2.05) is 60.8 Å². The summed E-state index contributed by atoms with van der Waals surface area (Å²) in [6.45, 7) is 2.49. The molecule has 0 aliphatic heterocycles. The summed E-state index contributed by atoms with van der Waals surface area (Å²) in [4.78, 5) is 15.4. The number of aryl methyl sites for hydroxylation is 1. The second kappa shape index (κ2) is 10.6. The number of nitrogens with zero attached hydrogens (tertiary/aromatic N) is 2. The van der Waals surface area contributed by atoms with Crippen molar-refractivity contribution in [3.63, 3.8) is 0 Å². The molecule has 0 atom stereocenters. The van der Waals surface area contributed by atoms with E-state index in [1.165, 1.54) is 0 Å². The van der Waals surface area contributed by atoms with Crippen LogP contribution >= 0.6 is 23.2 Å². The van der Waals surface area contributed by atoms with E-state index >= 15 is 0 Å². The van der Waals surface area contributed by atoms with Crippen LogP contribution in [0.15, 0.2) is 72.9 Å². The average molecular weight is 493 g/mol. The lowest BCUT2D eigenvalue weighted by Crippen LogP contribution is -2.09. The quantitative estimate of drug-likeness (QED) is 0.283. The fraction of sp³-hybridized carbons (Fsp3) is 0.111. The smallest absolute Gasteiger partial charge is 0.341 e. The van der Waals surface area contributed by atoms with Crippen LogP contribution in [0.2, 0.25) is 10.0 Å². The number of carboxylic acid groups (broad SMARTS) is 1. The molecule has 0 aliphatic rings. The Kier molecular flexibility index (Phi) is 7.36. The van der Waals surface area contributed by atoms with Crippen molar-refractivity contribution in [3.8, 4) is 28.1 Å². The van der Waals surface area contributed by atoms with Crippen LogP contribution in [-0.2, 0) is 11.3 Å². The summed E-state index contributed by atoms with van der Waals surface area (Å²) in [7, 11) is 0. The molecule has 5 nitrogen and oxygen atoms in total. The van der Waals surface area contributed by atoms with Gasteiger partial charge >= 0.3 is 5.97 Å². The third kappa shape index (κ3) is 5.68. The molecule has 0 fully saturated rings. The van der Waals surface area contributed by atoms with Crippen LogP contribution in [0.4, 0.5) is 0 Å². The highest BCUT2D eigenvalue weighted by molar-refractivity contribution is 6.36. The Labute approximate surface area is 207 Å². The Balaban J connectivity index is 1.49. The van der Waals surface area contributed by atoms with Gasteiger partial charge in [0.25, 0.3) is 0 Å². The largest absolute Gasteiger partial charge is 0.482 e. The van der Waals surface area contributed by atoms with Gasteiger partial charge in [0.2, 0.25) is 0 Å². The number of carbonyl (C=O) groups is 1. The lowest BCUT2D eigenvalue weighted by molar-refractivity contribution is -0.139. The van der Waals surface area contributed by atoms with Crippen molar-refractivity contribution in [1.29, 1.82) is 0 Å². The summed E-state index contributed by atoms with van der Waals surface area (Å²) >= 11 is 12.4. The second-order valence-electron chi connectivity index (χ2n) is 7.56. The number of carboxylic acids is 1. The van der Waals surface area contributed by atoms with E-state index in [4.69, 9.17) is 38.0 Å². The Hall–Kier alpha value is -3.54. The fourth-order valence-corrected chi connectivity index (χ4v) is 3.99. The number of hydrogen-bond donors (Lipinski definition) is 1. The lowest BCUT2D eigenvalue weighted by atomic mass is 10.0. The first kappa shape index (κ1) is 23.6. The fourth-order valence-electron chi connectivity index (χ4n) is 3.49. The van der Waals surface area contributed by atoms with E-state index < -0.39 is 5.97 Å². The van der Waals surface area contributed by atoms with Gasteiger partial charge in [-0.3, -0.25) is 0 Å². The minimum atomic E-state index is -1.00. The number of rotatable bonds is 8. The average Bonchev–Trinajstić information content (AvgIpc) is 3.25. The minimum Gasteiger partial charge on any atom is -0.482 e.